The molecule has 0 unspecified atom stereocenters. The summed E-state index contributed by atoms with van der Waals surface area (Å²) in [4.78, 5) is 13.8. The van der Waals surface area contributed by atoms with Gasteiger partial charge in [-0.15, -0.1) is 0 Å². The Morgan fingerprint density at radius 3 is 2.90 bits per heavy atom. The zero-order valence-corrected chi connectivity index (χ0v) is 12.7. The highest BCUT2D eigenvalue weighted by Crippen LogP contribution is 2.37. The number of nitrogens with one attached hydrogen (secondary N) is 2. The number of aromatic amines is 1. The lowest BCUT2D eigenvalue weighted by atomic mass is 9.84. The Hall–Kier alpha value is -1.33. The van der Waals surface area contributed by atoms with Crippen LogP contribution < -0.4 is 5.48 Å². The number of fused-ring (bicyclic) bond motifs is 1. The summed E-state index contributed by atoms with van der Waals surface area (Å²) >= 11 is 3.48. The van der Waals surface area contributed by atoms with Gasteiger partial charge in [-0.25, -0.2) is 4.98 Å². The molecule has 2 aliphatic rings. The molecule has 0 atom stereocenters. The summed E-state index contributed by atoms with van der Waals surface area (Å²) in [6.45, 7) is 0. The smallest absolute Gasteiger partial charge is 0.156 e. The molecule has 2 heterocycles. The van der Waals surface area contributed by atoms with Crippen molar-refractivity contribution in [1.82, 2.24) is 15.4 Å². The van der Waals surface area contributed by atoms with E-state index in [0.717, 1.165) is 39.9 Å². The summed E-state index contributed by atoms with van der Waals surface area (Å²) in [7, 11) is 0. The summed E-state index contributed by atoms with van der Waals surface area (Å²) in [5.41, 5.74) is 5.90. The van der Waals surface area contributed by atoms with Gasteiger partial charge in [-0.05, 0) is 37.1 Å². The number of benzene rings is 1. The molecular formula is C15H16BrN3O. The molecule has 0 amide bonds. The fourth-order valence-corrected chi connectivity index (χ4v) is 3.46. The standard InChI is InChI=1S/C15H16BrN3O/c16-10-4-5-11-12(8-10)18-14(17-11)13-9-15(20-19-13)6-2-1-3-7-15/h4-5,8-9,19H,1-3,6-7H2,(H,17,18). The van der Waals surface area contributed by atoms with E-state index in [9.17, 15) is 0 Å². The summed E-state index contributed by atoms with van der Waals surface area (Å²) in [5, 5.41) is 0. The van der Waals surface area contributed by atoms with Crippen molar-refractivity contribution in [2.45, 2.75) is 37.7 Å². The van der Waals surface area contributed by atoms with E-state index in [1.165, 1.54) is 19.3 Å². The fraction of sp³-hybridized carbons (Fsp3) is 0.400. The average molecular weight is 334 g/mol. The zero-order valence-electron chi connectivity index (χ0n) is 11.1. The van der Waals surface area contributed by atoms with Crippen molar-refractivity contribution >= 4 is 32.7 Å². The molecule has 2 N–H and O–H groups in total. The normalized spacial score (nSPS) is 21.1. The van der Waals surface area contributed by atoms with Crippen LogP contribution in [0.1, 0.15) is 37.9 Å². The van der Waals surface area contributed by atoms with Gasteiger partial charge in [0.15, 0.2) is 5.82 Å². The minimum atomic E-state index is -0.118. The lowest BCUT2D eigenvalue weighted by molar-refractivity contribution is -0.0558. The van der Waals surface area contributed by atoms with Gasteiger partial charge in [0.2, 0.25) is 0 Å². The van der Waals surface area contributed by atoms with Crippen molar-refractivity contribution < 1.29 is 4.84 Å². The predicted molar refractivity (Wildman–Crippen MR) is 81.8 cm³/mol. The van der Waals surface area contributed by atoms with Crippen LogP contribution >= 0.6 is 15.9 Å². The van der Waals surface area contributed by atoms with E-state index in [0.29, 0.717) is 0 Å². The number of hydrogen-bond acceptors (Lipinski definition) is 3. The third-order valence-electron chi connectivity index (χ3n) is 4.17. The Morgan fingerprint density at radius 1 is 1.20 bits per heavy atom. The van der Waals surface area contributed by atoms with Gasteiger partial charge in [0.1, 0.15) is 11.3 Å². The number of imidazole rings is 1. The molecule has 5 heteroatoms. The molecule has 4 rings (SSSR count). The van der Waals surface area contributed by atoms with E-state index in [1.54, 1.807) is 0 Å². The molecule has 1 fully saturated rings. The van der Waals surface area contributed by atoms with Crippen LogP contribution in [0.5, 0.6) is 0 Å². The van der Waals surface area contributed by atoms with Crippen LogP contribution in [0.4, 0.5) is 0 Å². The third-order valence-corrected chi connectivity index (χ3v) is 4.66. The predicted octanol–water partition coefficient (Wildman–Crippen LogP) is 3.90. The molecular weight excluding hydrogens is 318 g/mol. The number of nitrogens with zero attached hydrogens (tertiary/aromatic N) is 1. The molecule has 2 aromatic rings. The Balaban J connectivity index is 1.70. The van der Waals surface area contributed by atoms with Crippen LogP contribution in [0.15, 0.2) is 28.7 Å². The van der Waals surface area contributed by atoms with Crippen LogP contribution in [0.2, 0.25) is 0 Å². The van der Waals surface area contributed by atoms with Gasteiger partial charge in [-0.2, -0.15) is 0 Å². The zero-order chi connectivity index (χ0) is 13.6. The number of H-pyrrole nitrogens is 1. The Kier molecular flexibility index (Phi) is 2.86. The lowest BCUT2D eigenvalue weighted by Gasteiger charge is -2.29. The van der Waals surface area contributed by atoms with Crippen molar-refractivity contribution in [3.63, 3.8) is 0 Å². The molecule has 1 aliphatic carbocycles. The molecule has 4 nitrogen and oxygen atoms in total. The van der Waals surface area contributed by atoms with E-state index in [2.05, 4.69) is 37.5 Å². The van der Waals surface area contributed by atoms with E-state index in [-0.39, 0.29) is 5.60 Å². The Bertz CT molecular complexity index is 685. The highest BCUT2D eigenvalue weighted by atomic mass is 79.9. The first kappa shape index (κ1) is 12.4. The topological polar surface area (TPSA) is 49.9 Å². The molecule has 1 saturated carbocycles. The monoisotopic (exact) mass is 333 g/mol. The Labute approximate surface area is 125 Å². The molecule has 1 aliphatic heterocycles. The van der Waals surface area contributed by atoms with Crippen LogP contribution in [-0.2, 0) is 4.84 Å². The second-order valence-electron chi connectivity index (χ2n) is 5.63. The molecule has 20 heavy (non-hydrogen) atoms. The molecule has 1 aromatic heterocycles. The SMILES string of the molecule is Brc1ccc2nc(C3=CC4(CCCCC4)ON3)[nH]c2c1. The van der Waals surface area contributed by atoms with Crippen molar-refractivity contribution in [3.8, 4) is 0 Å². The van der Waals surface area contributed by atoms with E-state index >= 15 is 0 Å². The minimum absolute atomic E-state index is 0.118. The number of hydroxylamine groups is 1. The van der Waals surface area contributed by atoms with E-state index < -0.39 is 0 Å². The van der Waals surface area contributed by atoms with Gasteiger partial charge in [0.25, 0.3) is 0 Å². The first-order valence-electron chi connectivity index (χ1n) is 7.07. The molecule has 0 radical (unpaired) electrons. The van der Waals surface area contributed by atoms with E-state index in [1.807, 2.05) is 18.2 Å². The van der Waals surface area contributed by atoms with Crippen molar-refractivity contribution in [2.75, 3.05) is 0 Å². The minimum Gasteiger partial charge on any atom is -0.337 e. The van der Waals surface area contributed by atoms with Crippen molar-refractivity contribution in [2.24, 2.45) is 0 Å². The van der Waals surface area contributed by atoms with Gasteiger partial charge < -0.3 is 4.98 Å². The molecule has 104 valence electrons. The molecule has 1 spiro atoms. The van der Waals surface area contributed by atoms with Gasteiger partial charge in [-0.3, -0.25) is 10.3 Å². The fourth-order valence-electron chi connectivity index (χ4n) is 3.10. The van der Waals surface area contributed by atoms with Crippen LogP contribution in [0.25, 0.3) is 16.7 Å². The Morgan fingerprint density at radius 2 is 2.05 bits per heavy atom. The third kappa shape index (κ3) is 2.05. The number of halogens is 1. The van der Waals surface area contributed by atoms with Crippen LogP contribution in [0.3, 0.4) is 0 Å². The van der Waals surface area contributed by atoms with Gasteiger partial charge in [0, 0.05) is 4.47 Å². The second kappa shape index (κ2) is 4.60. The summed E-state index contributed by atoms with van der Waals surface area (Å²) < 4.78 is 1.05. The maximum Gasteiger partial charge on any atom is 0.156 e. The molecule has 1 aromatic carbocycles. The van der Waals surface area contributed by atoms with Crippen LogP contribution in [-0.4, -0.2) is 15.6 Å². The maximum absolute atomic E-state index is 5.86. The molecule has 0 saturated heterocycles. The van der Waals surface area contributed by atoms with Crippen LogP contribution in [0, 0.1) is 0 Å². The highest BCUT2D eigenvalue weighted by molar-refractivity contribution is 9.10. The lowest BCUT2D eigenvalue weighted by Crippen LogP contribution is -2.31. The number of aromatic nitrogens is 2. The van der Waals surface area contributed by atoms with Crippen molar-refractivity contribution in [3.05, 3.63) is 34.6 Å². The number of hydrogen-bond donors (Lipinski definition) is 2. The van der Waals surface area contributed by atoms with Crippen molar-refractivity contribution in [1.29, 1.82) is 0 Å². The largest absolute Gasteiger partial charge is 0.337 e. The molecule has 0 bridgehead atoms. The summed E-state index contributed by atoms with van der Waals surface area (Å²) in [6.07, 6.45) is 8.17. The van der Waals surface area contributed by atoms with Gasteiger partial charge in [-0.1, -0.05) is 35.2 Å². The summed E-state index contributed by atoms with van der Waals surface area (Å²) in [6, 6.07) is 6.05. The quantitative estimate of drug-likeness (QED) is 0.831. The highest BCUT2D eigenvalue weighted by Gasteiger charge is 2.37. The van der Waals surface area contributed by atoms with Gasteiger partial charge in [0.05, 0.1) is 11.0 Å². The number of rotatable bonds is 1. The second-order valence-corrected chi connectivity index (χ2v) is 6.55. The summed E-state index contributed by atoms with van der Waals surface area (Å²) in [5.74, 6) is 0.848. The van der Waals surface area contributed by atoms with Gasteiger partial charge >= 0.3 is 0 Å². The first-order valence-corrected chi connectivity index (χ1v) is 7.86. The van der Waals surface area contributed by atoms with E-state index in [4.69, 9.17) is 4.84 Å². The maximum atomic E-state index is 5.86. The first-order chi connectivity index (χ1) is 9.74. The average Bonchev–Trinajstić information content (AvgIpc) is 3.04.